The number of nitrogens with two attached hydrogens (primary N) is 2. The second-order valence-corrected chi connectivity index (χ2v) is 12.7. The number of nitrogens with zero attached hydrogens (tertiary/aromatic N) is 1. The highest BCUT2D eigenvalue weighted by Crippen LogP contribution is 2.20. The van der Waals surface area contributed by atoms with Crippen molar-refractivity contribution in [1.82, 2.24) is 31.6 Å². The summed E-state index contributed by atoms with van der Waals surface area (Å²) in [6.45, 7) is 7.29. The van der Waals surface area contributed by atoms with Crippen LogP contribution < -0.4 is 38.1 Å². The highest BCUT2D eigenvalue weighted by atomic mass is 16.4. The number of H-pyrrole nitrogens is 1. The number of hydrogen-bond donors (Lipinski definition) is 9. The van der Waals surface area contributed by atoms with Gasteiger partial charge in [-0.15, -0.1) is 0 Å². The lowest BCUT2D eigenvalue weighted by Gasteiger charge is -2.28. The molecular formula is C32H47N9O7. The lowest BCUT2D eigenvalue weighted by Crippen LogP contribution is -2.59. The number of amides is 5. The van der Waals surface area contributed by atoms with Crippen LogP contribution >= 0.6 is 0 Å². The number of aromatic nitrogens is 1. The van der Waals surface area contributed by atoms with E-state index in [0.717, 1.165) is 10.9 Å². The number of carboxylic acid groups (broad SMARTS) is 1. The van der Waals surface area contributed by atoms with E-state index in [1.807, 2.05) is 38.1 Å². The number of aromatic amines is 1. The molecule has 2 aromatic rings. The monoisotopic (exact) mass is 669 g/mol. The Morgan fingerprint density at radius 3 is 2.04 bits per heavy atom. The van der Waals surface area contributed by atoms with Gasteiger partial charge in [0.15, 0.2) is 5.96 Å². The maximum Gasteiger partial charge on any atom is 0.305 e. The average molecular weight is 670 g/mol. The Morgan fingerprint density at radius 1 is 0.812 bits per heavy atom. The van der Waals surface area contributed by atoms with Crippen molar-refractivity contribution in [2.24, 2.45) is 28.3 Å². The molecule has 11 N–H and O–H groups in total. The predicted molar refractivity (Wildman–Crippen MR) is 178 cm³/mol. The number of fused-ring (bicyclic) bond motifs is 1. The van der Waals surface area contributed by atoms with Gasteiger partial charge in [0.05, 0.1) is 6.42 Å². The molecule has 5 atom stereocenters. The minimum absolute atomic E-state index is 0.0204. The molecule has 262 valence electrons. The molecule has 0 saturated carbocycles. The number of aliphatic imine (C=N–C) groups is 1. The molecule has 1 aliphatic heterocycles. The second kappa shape index (κ2) is 17.1. The van der Waals surface area contributed by atoms with Crippen LogP contribution in [0.2, 0.25) is 0 Å². The number of guanidine groups is 1. The fourth-order valence-corrected chi connectivity index (χ4v) is 5.46. The normalized spacial score (nSPS) is 23.0. The average Bonchev–Trinajstić information content (AvgIpc) is 3.41. The molecule has 2 heterocycles. The maximum absolute atomic E-state index is 13.8. The van der Waals surface area contributed by atoms with Crippen LogP contribution in [0.4, 0.5) is 0 Å². The number of carboxylic acids is 1. The van der Waals surface area contributed by atoms with Gasteiger partial charge in [0.2, 0.25) is 29.5 Å². The molecule has 16 heteroatoms. The molecule has 3 rings (SSSR count). The molecule has 0 unspecified atom stereocenters. The number of benzene rings is 1. The molecule has 1 aliphatic rings. The van der Waals surface area contributed by atoms with E-state index in [1.54, 1.807) is 20.0 Å². The lowest BCUT2D eigenvalue weighted by atomic mass is 9.98. The number of nitrogens with one attached hydrogen (secondary N) is 6. The van der Waals surface area contributed by atoms with Crippen molar-refractivity contribution >= 4 is 52.4 Å². The Hall–Kier alpha value is -5.15. The van der Waals surface area contributed by atoms with Gasteiger partial charge in [-0.3, -0.25) is 33.8 Å². The topological polar surface area (TPSA) is 263 Å². The van der Waals surface area contributed by atoms with Crippen LogP contribution in [-0.4, -0.2) is 88.3 Å². The molecule has 16 nitrogen and oxygen atoms in total. The zero-order chi connectivity index (χ0) is 35.5. The summed E-state index contributed by atoms with van der Waals surface area (Å²) in [5.41, 5.74) is 12.3. The second-order valence-electron chi connectivity index (χ2n) is 12.7. The van der Waals surface area contributed by atoms with Gasteiger partial charge < -0.3 is 48.1 Å². The smallest absolute Gasteiger partial charge is 0.305 e. The van der Waals surface area contributed by atoms with Gasteiger partial charge in [-0.05, 0) is 42.7 Å². The van der Waals surface area contributed by atoms with Gasteiger partial charge in [0.25, 0.3) is 0 Å². The molecule has 1 aromatic carbocycles. The predicted octanol–water partition coefficient (Wildman–Crippen LogP) is -0.622. The summed E-state index contributed by atoms with van der Waals surface area (Å²) in [7, 11) is 0. The van der Waals surface area contributed by atoms with E-state index < -0.39 is 78.1 Å². The van der Waals surface area contributed by atoms with E-state index in [1.165, 1.54) is 0 Å². The summed E-state index contributed by atoms with van der Waals surface area (Å²) >= 11 is 0. The molecular weight excluding hydrogens is 622 g/mol. The Morgan fingerprint density at radius 2 is 1.40 bits per heavy atom. The molecule has 1 aromatic heterocycles. The van der Waals surface area contributed by atoms with Gasteiger partial charge in [-0.1, -0.05) is 45.9 Å². The van der Waals surface area contributed by atoms with Gasteiger partial charge in [0, 0.05) is 30.1 Å². The molecule has 5 amide bonds. The zero-order valence-corrected chi connectivity index (χ0v) is 27.7. The number of hydrogen-bond acceptors (Lipinski definition) is 7. The summed E-state index contributed by atoms with van der Waals surface area (Å²) in [5, 5.41) is 23.6. The van der Waals surface area contributed by atoms with E-state index >= 15 is 0 Å². The third-order valence-corrected chi connectivity index (χ3v) is 7.91. The quantitative estimate of drug-likeness (QED) is 0.0837. The van der Waals surface area contributed by atoms with Crippen LogP contribution in [0.15, 0.2) is 35.5 Å². The first-order chi connectivity index (χ1) is 22.7. The van der Waals surface area contributed by atoms with Gasteiger partial charge in [-0.25, -0.2) is 0 Å². The number of carbonyl (C=O) groups is 6. The summed E-state index contributed by atoms with van der Waals surface area (Å²) in [6, 6.07) is 1.06. The number of para-hydroxylation sites is 1. The summed E-state index contributed by atoms with van der Waals surface area (Å²) in [6.07, 6.45) is 1.35. The molecule has 0 aliphatic carbocycles. The largest absolute Gasteiger partial charge is 0.481 e. The Bertz CT molecular complexity index is 1520. The zero-order valence-electron chi connectivity index (χ0n) is 27.7. The Labute approximate surface area is 278 Å². The first kappa shape index (κ1) is 37.3. The molecule has 1 saturated heterocycles. The van der Waals surface area contributed by atoms with Crippen LogP contribution in [-0.2, 0) is 35.2 Å². The van der Waals surface area contributed by atoms with Crippen molar-refractivity contribution in [3.05, 3.63) is 36.0 Å². The third-order valence-electron chi connectivity index (χ3n) is 7.91. The minimum atomic E-state index is -1.61. The van der Waals surface area contributed by atoms with Crippen molar-refractivity contribution in [2.45, 2.75) is 90.0 Å². The number of rotatable bonds is 11. The summed E-state index contributed by atoms with van der Waals surface area (Å²) < 4.78 is 0. The van der Waals surface area contributed by atoms with Crippen molar-refractivity contribution in [2.75, 3.05) is 6.54 Å². The molecule has 0 radical (unpaired) electrons. The molecule has 0 bridgehead atoms. The van der Waals surface area contributed by atoms with Crippen LogP contribution in [0.25, 0.3) is 10.9 Å². The van der Waals surface area contributed by atoms with E-state index in [9.17, 15) is 33.9 Å². The molecule has 48 heavy (non-hydrogen) atoms. The highest BCUT2D eigenvalue weighted by molar-refractivity contribution is 5.99. The van der Waals surface area contributed by atoms with Gasteiger partial charge >= 0.3 is 5.97 Å². The fraction of sp³-hybridized carbons (Fsp3) is 0.531. The summed E-state index contributed by atoms with van der Waals surface area (Å²) in [5.74, 6) is -5.79. The highest BCUT2D eigenvalue weighted by Gasteiger charge is 2.36. The van der Waals surface area contributed by atoms with Crippen molar-refractivity contribution in [3.63, 3.8) is 0 Å². The number of carbonyl (C=O) groups excluding carboxylic acids is 5. The van der Waals surface area contributed by atoms with Crippen LogP contribution in [0.1, 0.15) is 58.9 Å². The Balaban J connectivity index is 2.07. The van der Waals surface area contributed by atoms with E-state index in [-0.39, 0.29) is 44.1 Å². The van der Waals surface area contributed by atoms with E-state index in [2.05, 4.69) is 36.6 Å². The lowest BCUT2D eigenvalue weighted by molar-refractivity contribution is -0.141. The van der Waals surface area contributed by atoms with Crippen LogP contribution in [0, 0.1) is 11.8 Å². The fourth-order valence-electron chi connectivity index (χ4n) is 5.46. The first-order valence-electron chi connectivity index (χ1n) is 16.0. The maximum atomic E-state index is 13.8. The minimum Gasteiger partial charge on any atom is -0.481 e. The molecule has 0 spiro atoms. The standard InChI is InChI=1S/C32H47N9O7/c1-16(2)12-22-28(45)38-23(13-18-15-36-20-9-6-5-8-19(18)20)29(46)39-24(14-25(42)43)30(47)37-21(10-7-11-35-32(33)34)27(44)41-26(17(3)4)31(48)40-22/h5-6,8-9,15-17,21-24,26,36H,7,10-14H2,1-4H3,(H,37,47)(H,38,45)(H,39,46)(H,40,48)(H,41,44)(H,42,43)(H4,33,34,35)/t21-,22-,23+,24+,26+/m1/s1. The van der Waals surface area contributed by atoms with Crippen molar-refractivity contribution in [1.29, 1.82) is 0 Å². The van der Waals surface area contributed by atoms with Gasteiger partial charge in [0.1, 0.15) is 30.2 Å². The Kier molecular flexibility index (Phi) is 13.3. The van der Waals surface area contributed by atoms with Crippen LogP contribution in [0.3, 0.4) is 0 Å². The van der Waals surface area contributed by atoms with Crippen LogP contribution in [0.5, 0.6) is 0 Å². The van der Waals surface area contributed by atoms with Crippen molar-refractivity contribution in [3.8, 4) is 0 Å². The third kappa shape index (κ3) is 10.7. The van der Waals surface area contributed by atoms with E-state index in [4.69, 9.17) is 11.5 Å². The van der Waals surface area contributed by atoms with E-state index in [0.29, 0.717) is 5.56 Å². The first-order valence-corrected chi connectivity index (χ1v) is 16.0. The molecule has 1 fully saturated rings. The number of aliphatic carboxylic acids is 1. The SMILES string of the molecule is CC(C)C[C@H]1NC(=O)[C@H](C(C)C)NC(=O)[C@@H](CCCN=C(N)N)NC(=O)[C@H](CC(=O)O)NC(=O)[C@H](Cc2c[nH]c3ccccc23)NC1=O. The van der Waals surface area contributed by atoms with Crippen molar-refractivity contribution < 1.29 is 33.9 Å². The summed E-state index contributed by atoms with van der Waals surface area (Å²) in [4.78, 5) is 87.2. The van der Waals surface area contributed by atoms with Gasteiger partial charge in [-0.2, -0.15) is 0 Å².